The van der Waals surface area contributed by atoms with Gasteiger partial charge in [0.2, 0.25) is 0 Å². The molecule has 3 aromatic rings. The highest BCUT2D eigenvalue weighted by molar-refractivity contribution is 6.30. The Balaban J connectivity index is 1.51. The van der Waals surface area contributed by atoms with Gasteiger partial charge in [-0.25, -0.2) is 4.39 Å². The van der Waals surface area contributed by atoms with E-state index in [4.69, 9.17) is 16.3 Å². The van der Waals surface area contributed by atoms with Gasteiger partial charge in [-0.05, 0) is 66.1 Å². The maximum absolute atomic E-state index is 13.5. The van der Waals surface area contributed by atoms with Crippen LogP contribution in [0.4, 0.5) is 17.6 Å². The first kappa shape index (κ1) is 26.5. The highest BCUT2D eigenvalue weighted by Crippen LogP contribution is 2.38. The van der Waals surface area contributed by atoms with E-state index in [1.54, 1.807) is 18.2 Å². The molecule has 1 heterocycles. The number of ether oxygens (including phenoxy) is 1. The summed E-state index contributed by atoms with van der Waals surface area (Å²) in [6, 6.07) is 13.4. The van der Waals surface area contributed by atoms with Crippen molar-refractivity contribution in [3.63, 3.8) is 0 Å². The van der Waals surface area contributed by atoms with Gasteiger partial charge in [0.1, 0.15) is 23.7 Å². The first-order valence-electron chi connectivity index (χ1n) is 11.3. The Labute approximate surface area is 215 Å². The Morgan fingerprint density at radius 1 is 1.05 bits per heavy atom. The Kier molecular flexibility index (Phi) is 7.19. The van der Waals surface area contributed by atoms with Crippen molar-refractivity contribution in [1.82, 2.24) is 4.90 Å². The first-order chi connectivity index (χ1) is 17.3. The van der Waals surface area contributed by atoms with E-state index in [1.165, 1.54) is 30.3 Å². The number of carboxylic acid groups (broad SMARTS) is 1. The molecule has 0 fully saturated rings. The van der Waals surface area contributed by atoms with E-state index in [2.05, 4.69) is 0 Å². The zero-order valence-electron chi connectivity index (χ0n) is 19.6. The number of rotatable bonds is 7. The molecule has 0 spiro atoms. The van der Waals surface area contributed by atoms with Gasteiger partial charge in [-0.15, -0.1) is 0 Å². The minimum atomic E-state index is -4.50. The van der Waals surface area contributed by atoms with E-state index in [9.17, 15) is 32.3 Å². The number of alkyl halides is 3. The van der Waals surface area contributed by atoms with Crippen LogP contribution in [0.5, 0.6) is 5.75 Å². The molecule has 4 rings (SSSR count). The molecule has 0 saturated heterocycles. The van der Waals surface area contributed by atoms with E-state index in [1.807, 2.05) is 6.92 Å². The lowest BCUT2D eigenvalue weighted by atomic mass is 9.91. The van der Waals surface area contributed by atoms with Crippen molar-refractivity contribution in [3.8, 4) is 5.75 Å². The zero-order chi connectivity index (χ0) is 27.0. The van der Waals surface area contributed by atoms with E-state index in [-0.39, 0.29) is 17.1 Å². The average molecular weight is 536 g/mol. The molecule has 1 unspecified atom stereocenters. The quantitative estimate of drug-likeness (QED) is 0.368. The summed E-state index contributed by atoms with van der Waals surface area (Å²) in [4.78, 5) is 25.7. The number of carboxylic acids is 1. The van der Waals surface area contributed by atoms with Crippen molar-refractivity contribution in [2.75, 3.05) is 6.54 Å². The Hall–Kier alpha value is -3.59. The highest BCUT2D eigenvalue weighted by atomic mass is 35.5. The lowest BCUT2D eigenvalue weighted by Crippen LogP contribution is -2.35. The number of fused-ring (bicyclic) bond motifs is 1. The van der Waals surface area contributed by atoms with Crippen molar-refractivity contribution >= 4 is 23.5 Å². The molecule has 1 atom stereocenters. The van der Waals surface area contributed by atoms with Gasteiger partial charge in [0.25, 0.3) is 5.91 Å². The molecule has 0 aromatic heterocycles. The second-order valence-corrected chi connectivity index (χ2v) is 9.63. The number of hydrogen-bond donors (Lipinski definition) is 1. The van der Waals surface area contributed by atoms with Gasteiger partial charge < -0.3 is 14.7 Å². The summed E-state index contributed by atoms with van der Waals surface area (Å²) in [7, 11) is 0. The number of carbonyl (C=O) groups excluding carboxylic acids is 1. The molecule has 1 amide bonds. The number of halogens is 5. The molecular formula is C27H22ClF4NO4. The van der Waals surface area contributed by atoms with Crippen LogP contribution in [-0.4, -0.2) is 34.0 Å². The van der Waals surface area contributed by atoms with Gasteiger partial charge in [-0.2, -0.15) is 13.2 Å². The third kappa shape index (κ3) is 6.22. The number of carbonyl (C=O) groups is 2. The van der Waals surface area contributed by atoms with Gasteiger partial charge in [-0.1, -0.05) is 29.8 Å². The molecule has 194 valence electrons. The number of benzene rings is 3. The number of aliphatic carboxylic acids is 1. The van der Waals surface area contributed by atoms with Crippen molar-refractivity contribution in [3.05, 3.63) is 99.3 Å². The van der Waals surface area contributed by atoms with Crippen LogP contribution in [0.3, 0.4) is 0 Å². The number of nitrogens with zero attached hydrogens (tertiary/aromatic N) is 1. The normalized spacial score (nSPS) is 16.7. The predicted molar refractivity (Wildman–Crippen MR) is 128 cm³/mol. The van der Waals surface area contributed by atoms with Crippen molar-refractivity contribution in [2.45, 2.75) is 38.1 Å². The summed E-state index contributed by atoms with van der Waals surface area (Å²) in [5, 5.41) is 9.32. The topological polar surface area (TPSA) is 66.8 Å². The second-order valence-electron chi connectivity index (χ2n) is 9.23. The minimum absolute atomic E-state index is 0.0102. The van der Waals surface area contributed by atoms with Crippen LogP contribution in [0.15, 0.2) is 60.7 Å². The second kappa shape index (κ2) is 10.0. The van der Waals surface area contributed by atoms with E-state index in [0.29, 0.717) is 24.2 Å². The van der Waals surface area contributed by atoms with Crippen LogP contribution in [0.2, 0.25) is 5.02 Å². The van der Waals surface area contributed by atoms with Crippen molar-refractivity contribution in [1.29, 1.82) is 0 Å². The molecule has 5 nitrogen and oxygen atoms in total. The molecule has 0 saturated carbocycles. The van der Waals surface area contributed by atoms with Gasteiger partial charge in [0.15, 0.2) is 0 Å². The van der Waals surface area contributed by atoms with E-state index >= 15 is 0 Å². The SMILES string of the molecule is CC1(Cc2ccc(F)c(Cl)c2)Cc2cc(C(=O)N(CC(=O)O)Cc3ccc(C(F)(F)F)cc3)ccc2O1. The predicted octanol–water partition coefficient (Wildman–Crippen LogP) is 6.16. The molecule has 1 aliphatic heterocycles. The van der Waals surface area contributed by atoms with Crippen LogP contribution < -0.4 is 4.74 Å². The molecule has 37 heavy (non-hydrogen) atoms. The molecule has 0 aliphatic carbocycles. The lowest BCUT2D eigenvalue weighted by molar-refractivity contribution is -0.138. The number of hydrogen-bond acceptors (Lipinski definition) is 3. The monoisotopic (exact) mass is 535 g/mol. The Morgan fingerprint density at radius 3 is 2.35 bits per heavy atom. The van der Waals surface area contributed by atoms with Crippen LogP contribution in [0.1, 0.15) is 39.5 Å². The van der Waals surface area contributed by atoms with Crippen molar-refractivity contribution < 1.29 is 37.0 Å². The summed E-state index contributed by atoms with van der Waals surface area (Å²) in [6.45, 7) is 1.07. The Morgan fingerprint density at radius 2 is 1.73 bits per heavy atom. The fourth-order valence-corrected chi connectivity index (χ4v) is 4.60. The van der Waals surface area contributed by atoms with Crippen LogP contribution >= 0.6 is 11.6 Å². The zero-order valence-corrected chi connectivity index (χ0v) is 20.4. The highest BCUT2D eigenvalue weighted by Gasteiger charge is 2.36. The average Bonchev–Trinajstić information content (AvgIpc) is 3.15. The van der Waals surface area contributed by atoms with Crippen molar-refractivity contribution in [2.24, 2.45) is 0 Å². The molecular weight excluding hydrogens is 514 g/mol. The largest absolute Gasteiger partial charge is 0.487 e. The molecule has 1 aliphatic rings. The van der Waals surface area contributed by atoms with Crippen LogP contribution in [0, 0.1) is 5.82 Å². The summed E-state index contributed by atoms with van der Waals surface area (Å²) in [5.41, 5.74) is 0.597. The minimum Gasteiger partial charge on any atom is -0.487 e. The summed E-state index contributed by atoms with van der Waals surface area (Å²) in [6.07, 6.45) is -3.63. The first-order valence-corrected chi connectivity index (χ1v) is 11.6. The maximum Gasteiger partial charge on any atom is 0.416 e. The smallest absolute Gasteiger partial charge is 0.416 e. The standard InChI is InChI=1S/C27H22ClF4NO4/c1-26(12-17-4-8-22(29)21(28)10-17)13-19-11-18(5-9-23(19)37-26)25(36)33(15-24(34)35)14-16-2-6-20(7-3-16)27(30,31)32/h2-11H,12-15H2,1H3,(H,34,35). The summed E-state index contributed by atoms with van der Waals surface area (Å²) in [5.74, 6) is -1.78. The third-order valence-corrected chi connectivity index (χ3v) is 6.35. The van der Waals surface area contributed by atoms with Crippen LogP contribution in [-0.2, 0) is 30.4 Å². The lowest BCUT2D eigenvalue weighted by Gasteiger charge is -2.24. The summed E-state index contributed by atoms with van der Waals surface area (Å²) < 4.78 is 58.2. The van der Waals surface area contributed by atoms with Gasteiger partial charge in [0, 0.05) is 24.9 Å². The van der Waals surface area contributed by atoms with E-state index < -0.39 is 41.6 Å². The van der Waals surface area contributed by atoms with Crippen LogP contribution in [0.25, 0.3) is 0 Å². The van der Waals surface area contributed by atoms with Gasteiger partial charge in [-0.3, -0.25) is 9.59 Å². The molecule has 0 bridgehead atoms. The summed E-state index contributed by atoms with van der Waals surface area (Å²) >= 11 is 5.89. The van der Waals surface area contributed by atoms with Gasteiger partial charge >= 0.3 is 12.1 Å². The fraction of sp³-hybridized carbons (Fsp3) is 0.259. The molecule has 1 N–H and O–H groups in total. The number of amides is 1. The fourth-order valence-electron chi connectivity index (χ4n) is 4.40. The Bertz CT molecular complexity index is 1340. The molecule has 10 heteroatoms. The van der Waals surface area contributed by atoms with Gasteiger partial charge in [0.05, 0.1) is 10.6 Å². The maximum atomic E-state index is 13.5. The molecule has 3 aromatic carbocycles. The third-order valence-electron chi connectivity index (χ3n) is 6.06. The van der Waals surface area contributed by atoms with E-state index in [0.717, 1.165) is 28.2 Å². The molecule has 0 radical (unpaired) electrons.